The molecule has 0 aliphatic heterocycles. The number of hydrogen-bond acceptors (Lipinski definition) is 5. The number of halogens is 3. The number of rotatable bonds is 4. The smallest absolute Gasteiger partial charge is 0.416 e. The van der Waals surface area contributed by atoms with Crippen LogP contribution in [0.3, 0.4) is 0 Å². The number of amides is 1. The zero-order chi connectivity index (χ0) is 21.9. The molecule has 0 aliphatic carbocycles. The number of hydrazone groups is 1. The van der Waals surface area contributed by atoms with Crippen LogP contribution in [0.1, 0.15) is 17.5 Å². The van der Waals surface area contributed by atoms with Crippen LogP contribution in [0.2, 0.25) is 0 Å². The van der Waals surface area contributed by atoms with E-state index in [9.17, 15) is 27.9 Å². The van der Waals surface area contributed by atoms with Gasteiger partial charge in [-0.2, -0.15) is 23.5 Å². The lowest BCUT2D eigenvalue weighted by Crippen LogP contribution is -2.21. The zero-order valence-corrected chi connectivity index (χ0v) is 15.1. The van der Waals surface area contributed by atoms with Crippen LogP contribution in [0.25, 0.3) is 16.5 Å². The fourth-order valence-corrected chi connectivity index (χ4v) is 2.83. The van der Waals surface area contributed by atoms with Crippen molar-refractivity contribution in [1.29, 1.82) is 5.26 Å². The SMILES string of the molecule is N#CCC(=O)NN=Cc1c(O)n(-c2cccc(C(F)(F)F)c2)c(=O)c2ccccc12. The lowest BCUT2D eigenvalue weighted by Gasteiger charge is -2.15. The molecular formula is C20H13F3N4O3. The second-order valence-corrected chi connectivity index (χ2v) is 6.10. The van der Waals surface area contributed by atoms with Crippen molar-refractivity contribution in [3.63, 3.8) is 0 Å². The highest BCUT2D eigenvalue weighted by molar-refractivity contribution is 6.02. The van der Waals surface area contributed by atoms with E-state index in [1.54, 1.807) is 18.2 Å². The molecule has 7 nitrogen and oxygen atoms in total. The molecule has 2 N–H and O–H groups in total. The summed E-state index contributed by atoms with van der Waals surface area (Å²) >= 11 is 0. The van der Waals surface area contributed by atoms with Gasteiger partial charge in [-0.05, 0) is 24.3 Å². The molecule has 3 aromatic rings. The largest absolute Gasteiger partial charge is 0.494 e. The standard InChI is InChI=1S/C20H13F3N4O3/c21-20(22,23)12-4-3-5-13(10-12)27-18(29)15-7-2-1-6-14(15)16(19(27)30)11-25-26-17(28)8-9-24/h1-7,10-11,30H,8H2,(H,26,28). The van der Waals surface area contributed by atoms with Crippen molar-refractivity contribution in [3.05, 3.63) is 70.0 Å². The van der Waals surface area contributed by atoms with E-state index in [-0.39, 0.29) is 22.0 Å². The molecule has 3 rings (SSSR count). The lowest BCUT2D eigenvalue weighted by atomic mass is 10.1. The highest BCUT2D eigenvalue weighted by Crippen LogP contribution is 2.32. The molecule has 0 unspecified atom stereocenters. The van der Waals surface area contributed by atoms with Gasteiger partial charge in [0, 0.05) is 10.8 Å². The predicted molar refractivity (Wildman–Crippen MR) is 102 cm³/mol. The minimum atomic E-state index is -4.64. The van der Waals surface area contributed by atoms with Gasteiger partial charge in [-0.25, -0.2) is 9.99 Å². The number of nitriles is 1. The van der Waals surface area contributed by atoms with E-state index < -0.39 is 35.5 Å². The minimum absolute atomic E-state index is 0.000121. The van der Waals surface area contributed by atoms with Gasteiger partial charge in [-0.15, -0.1) is 0 Å². The van der Waals surface area contributed by atoms with Gasteiger partial charge in [-0.3, -0.25) is 9.59 Å². The Bertz CT molecular complexity index is 1260. The number of hydrogen-bond donors (Lipinski definition) is 2. The number of nitrogens with one attached hydrogen (secondary N) is 1. The van der Waals surface area contributed by atoms with E-state index in [4.69, 9.17) is 5.26 Å². The number of carbonyl (C=O) groups is 1. The van der Waals surface area contributed by atoms with Gasteiger partial charge in [-0.1, -0.05) is 24.3 Å². The van der Waals surface area contributed by atoms with Crippen LogP contribution in [0.4, 0.5) is 13.2 Å². The number of benzene rings is 2. The summed E-state index contributed by atoms with van der Waals surface area (Å²) < 4.78 is 40.0. The first-order chi connectivity index (χ1) is 14.2. The summed E-state index contributed by atoms with van der Waals surface area (Å²) in [6.07, 6.45) is -4.02. The Hall–Kier alpha value is -4.13. The summed E-state index contributed by atoms with van der Waals surface area (Å²) in [6.45, 7) is 0. The van der Waals surface area contributed by atoms with Crippen LogP contribution in [-0.2, 0) is 11.0 Å². The third kappa shape index (κ3) is 4.00. The van der Waals surface area contributed by atoms with Crippen LogP contribution in [0.5, 0.6) is 5.88 Å². The van der Waals surface area contributed by atoms with E-state index >= 15 is 0 Å². The number of nitrogens with zero attached hydrogens (tertiary/aromatic N) is 3. The van der Waals surface area contributed by atoms with E-state index in [1.165, 1.54) is 18.2 Å². The molecular weight excluding hydrogens is 401 g/mol. The van der Waals surface area contributed by atoms with E-state index in [0.717, 1.165) is 29.0 Å². The molecule has 2 aromatic carbocycles. The van der Waals surface area contributed by atoms with Crippen molar-refractivity contribution in [2.24, 2.45) is 5.10 Å². The zero-order valence-electron chi connectivity index (χ0n) is 15.1. The topological polar surface area (TPSA) is 107 Å². The maximum absolute atomic E-state index is 13.1. The Morgan fingerprint density at radius 2 is 1.90 bits per heavy atom. The van der Waals surface area contributed by atoms with Gasteiger partial charge < -0.3 is 5.11 Å². The maximum Gasteiger partial charge on any atom is 0.416 e. The highest BCUT2D eigenvalue weighted by atomic mass is 19.4. The molecule has 0 spiro atoms. The van der Waals surface area contributed by atoms with E-state index in [1.807, 2.05) is 0 Å². The molecule has 0 saturated heterocycles. The predicted octanol–water partition coefficient (Wildman–Crippen LogP) is 3.08. The van der Waals surface area contributed by atoms with E-state index in [2.05, 4.69) is 10.5 Å². The van der Waals surface area contributed by atoms with Gasteiger partial charge >= 0.3 is 6.18 Å². The summed E-state index contributed by atoms with van der Waals surface area (Å²) in [6, 6.07) is 11.7. The molecule has 0 saturated carbocycles. The molecule has 30 heavy (non-hydrogen) atoms. The molecule has 10 heteroatoms. The first-order valence-electron chi connectivity index (χ1n) is 8.47. The van der Waals surface area contributed by atoms with Crippen LogP contribution >= 0.6 is 0 Å². The Kier molecular flexibility index (Phi) is 5.55. The quantitative estimate of drug-likeness (QED) is 0.505. The second-order valence-electron chi connectivity index (χ2n) is 6.10. The number of fused-ring (bicyclic) bond motifs is 1. The molecule has 0 fully saturated rings. The molecule has 1 amide bonds. The summed E-state index contributed by atoms with van der Waals surface area (Å²) in [5.74, 6) is -1.35. The fourth-order valence-electron chi connectivity index (χ4n) is 2.83. The van der Waals surface area contributed by atoms with Crippen LogP contribution in [0, 0.1) is 11.3 Å². The summed E-state index contributed by atoms with van der Waals surface area (Å²) in [5, 5.41) is 23.3. The molecule has 0 aliphatic rings. The number of pyridine rings is 1. The van der Waals surface area contributed by atoms with Crippen LogP contribution in [-0.4, -0.2) is 21.8 Å². The Balaban J connectivity index is 2.22. The fraction of sp³-hybridized carbons (Fsp3) is 0.100. The van der Waals surface area contributed by atoms with Gasteiger partial charge in [0.2, 0.25) is 5.88 Å². The maximum atomic E-state index is 13.1. The highest BCUT2D eigenvalue weighted by Gasteiger charge is 2.31. The van der Waals surface area contributed by atoms with Gasteiger partial charge in [0.1, 0.15) is 6.42 Å². The normalized spacial score (nSPS) is 11.5. The molecule has 1 aromatic heterocycles. The third-order valence-corrected chi connectivity index (χ3v) is 4.16. The van der Waals surface area contributed by atoms with Crippen LogP contribution < -0.4 is 11.0 Å². The second kappa shape index (κ2) is 8.08. The summed E-state index contributed by atoms with van der Waals surface area (Å²) in [4.78, 5) is 24.3. The van der Waals surface area contributed by atoms with E-state index in [0.29, 0.717) is 0 Å². The molecule has 0 bridgehead atoms. The average Bonchev–Trinajstić information content (AvgIpc) is 2.70. The Morgan fingerprint density at radius 1 is 1.20 bits per heavy atom. The van der Waals surface area contributed by atoms with Crippen molar-refractivity contribution in [1.82, 2.24) is 9.99 Å². The molecule has 0 radical (unpaired) electrons. The Labute approximate surface area is 167 Å². The van der Waals surface area contributed by atoms with Crippen molar-refractivity contribution >= 4 is 22.9 Å². The number of aromatic nitrogens is 1. The van der Waals surface area contributed by atoms with Crippen molar-refractivity contribution in [3.8, 4) is 17.6 Å². The first-order valence-corrected chi connectivity index (χ1v) is 8.47. The minimum Gasteiger partial charge on any atom is -0.494 e. The average molecular weight is 414 g/mol. The van der Waals surface area contributed by atoms with Crippen molar-refractivity contribution in [2.45, 2.75) is 12.6 Å². The summed E-state index contributed by atoms with van der Waals surface area (Å²) in [7, 11) is 0. The van der Waals surface area contributed by atoms with Crippen LogP contribution in [0.15, 0.2) is 58.4 Å². The van der Waals surface area contributed by atoms with Crippen molar-refractivity contribution in [2.75, 3.05) is 0 Å². The molecule has 1 heterocycles. The number of alkyl halides is 3. The monoisotopic (exact) mass is 414 g/mol. The summed E-state index contributed by atoms with van der Waals surface area (Å²) in [5.41, 5.74) is 0.178. The van der Waals surface area contributed by atoms with Gasteiger partial charge in [0.15, 0.2) is 0 Å². The van der Waals surface area contributed by atoms with Gasteiger partial charge in [0.25, 0.3) is 11.5 Å². The number of aromatic hydroxyl groups is 1. The first kappa shape index (κ1) is 20.6. The lowest BCUT2D eigenvalue weighted by molar-refractivity contribution is -0.137. The van der Waals surface area contributed by atoms with Gasteiger partial charge in [0.05, 0.1) is 29.1 Å². The van der Waals surface area contributed by atoms with Crippen molar-refractivity contribution < 1.29 is 23.1 Å². The Morgan fingerprint density at radius 3 is 2.57 bits per heavy atom. The third-order valence-electron chi connectivity index (χ3n) is 4.16. The molecule has 152 valence electrons. The number of carbonyl (C=O) groups excluding carboxylic acids is 1. The molecule has 0 atom stereocenters.